The van der Waals surface area contributed by atoms with Gasteiger partial charge in [0.15, 0.2) is 0 Å². The van der Waals surface area contributed by atoms with E-state index < -0.39 is 0 Å². The Hall–Kier alpha value is -3.10. The minimum Gasteiger partial charge on any atom is -0.295 e. The Morgan fingerprint density at radius 2 is 1.33 bits per heavy atom. The molecule has 9 rings (SSSR count). The summed E-state index contributed by atoms with van der Waals surface area (Å²) in [6.45, 7) is 0. The summed E-state index contributed by atoms with van der Waals surface area (Å²) < 4.78 is 2.42. The largest absolute Gasteiger partial charge is 0.295 e. The maximum Gasteiger partial charge on any atom is 0.118 e. The van der Waals surface area contributed by atoms with Crippen LogP contribution in [0, 0.1) is 23.7 Å². The molecule has 1 heterocycles. The van der Waals surface area contributed by atoms with Crippen molar-refractivity contribution in [2.75, 3.05) is 0 Å². The standard InChI is InChI=1S/C33H29ClN2/c34-28-17-23-8-4-5-9-24(23)19-31(28)36-30-11-10-25(22-6-2-1-3-7-22)18-29(30)35-33(36)32-26-13-20-12-21(15-26)16-27(32)14-20/h1-11,17-21,26-27,32H,12-16H2. The second-order valence-corrected chi connectivity index (χ2v) is 11.9. The molecule has 4 bridgehead atoms. The minimum absolute atomic E-state index is 0.521. The van der Waals surface area contributed by atoms with Crippen LogP contribution in [0.3, 0.4) is 0 Å². The fraction of sp³-hybridized carbons (Fsp3) is 0.303. The summed E-state index contributed by atoms with van der Waals surface area (Å²) in [6, 6.07) is 30.3. The highest BCUT2D eigenvalue weighted by atomic mass is 35.5. The number of hydrogen-bond acceptors (Lipinski definition) is 1. The van der Waals surface area contributed by atoms with E-state index in [9.17, 15) is 0 Å². The maximum atomic E-state index is 7.04. The summed E-state index contributed by atoms with van der Waals surface area (Å²) in [5.74, 6) is 5.15. The molecule has 3 heteroatoms. The highest BCUT2D eigenvalue weighted by molar-refractivity contribution is 6.33. The third-order valence-corrected chi connectivity index (χ3v) is 9.67. The van der Waals surface area contributed by atoms with E-state index in [-0.39, 0.29) is 0 Å². The lowest BCUT2D eigenvalue weighted by Gasteiger charge is -2.54. The maximum absolute atomic E-state index is 7.04. The van der Waals surface area contributed by atoms with Gasteiger partial charge in [-0.15, -0.1) is 0 Å². The number of nitrogens with zero attached hydrogens (tertiary/aromatic N) is 2. The average molecular weight is 489 g/mol. The number of imidazole rings is 1. The summed E-state index contributed by atoms with van der Waals surface area (Å²) in [5.41, 5.74) is 5.75. The molecule has 4 aromatic carbocycles. The summed E-state index contributed by atoms with van der Waals surface area (Å²) in [5, 5.41) is 3.19. The Kier molecular flexibility index (Phi) is 4.64. The molecule has 4 saturated carbocycles. The van der Waals surface area contributed by atoms with Crippen molar-refractivity contribution < 1.29 is 0 Å². The Labute approximate surface area is 216 Å². The zero-order valence-corrected chi connectivity index (χ0v) is 21.0. The molecule has 178 valence electrons. The molecule has 4 aliphatic rings. The molecule has 4 aliphatic carbocycles. The number of benzene rings is 4. The van der Waals surface area contributed by atoms with E-state index in [2.05, 4.69) is 89.5 Å². The van der Waals surface area contributed by atoms with Crippen molar-refractivity contribution in [3.63, 3.8) is 0 Å². The van der Waals surface area contributed by atoms with Gasteiger partial charge in [-0.2, -0.15) is 0 Å². The molecule has 0 atom stereocenters. The number of halogens is 1. The predicted octanol–water partition coefficient (Wildman–Crippen LogP) is 9.04. The molecule has 0 spiro atoms. The highest BCUT2D eigenvalue weighted by Crippen LogP contribution is 2.60. The van der Waals surface area contributed by atoms with Gasteiger partial charge in [0.25, 0.3) is 0 Å². The van der Waals surface area contributed by atoms with Crippen LogP contribution in [0.1, 0.15) is 43.8 Å². The van der Waals surface area contributed by atoms with Gasteiger partial charge in [-0.05, 0) is 102 Å². The van der Waals surface area contributed by atoms with Crippen molar-refractivity contribution in [3.05, 3.63) is 95.8 Å². The van der Waals surface area contributed by atoms with E-state index in [0.29, 0.717) is 5.92 Å². The van der Waals surface area contributed by atoms with E-state index >= 15 is 0 Å². The molecule has 2 nitrogen and oxygen atoms in total. The Bertz CT molecular complexity index is 1590. The Balaban J connectivity index is 1.36. The zero-order chi connectivity index (χ0) is 23.8. The average Bonchev–Trinajstić information content (AvgIpc) is 3.26. The van der Waals surface area contributed by atoms with E-state index in [1.54, 1.807) is 0 Å². The lowest BCUT2D eigenvalue weighted by molar-refractivity contribution is -0.00594. The summed E-state index contributed by atoms with van der Waals surface area (Å²) in [6.07, 6.45) is 6.97. The Morgan fingerprint density at radius 3 is 2.06 bits per heavy atom. The van der Waals surface area contributed by atoms with Gasteiger partial charge in [0.1, 0.15) is 5.82 Å². The van der Waals surface area contributed by atoms with Crippen molar-refractivity contribution in [2.45, 2.75) is 38.0 Å². The van der Waals surface area contributed by atoms with Crippen molar-refractivity contribution in [1.29, 1.82) is 0 Å². The zero-order valence-electron chi connectivity index (χ0n) is 20.3. The van der Waals surface area contributed by atoms with Gasteiger partial charge < -0.3 is 0 Å². The molecule has 0 radical (unpaired) electrons. The van der Waals surface area contributed by atoms with Crippen molar-refractivity contribution in [3.8, 4) is 16.8 Å². The van der Waals surface area contributed by atoms with Gasteiger partial charge in [-0.25, -0.2) is 4.98 Å². The van der Waals surface area contributed by atoms with Gasteiger partial charge in [0, 0.05) is 5.92 Å². The van der Waals surface area contributed by atoms with Crippen molar-refractivity contribution >= 4 is 33.4 Å². The van der Waals surface area contributed by atoms with Crippen LogP contribution in [0.5, 0.6) is 0 Å². The van der Waals surface area contributed by atoms with Crippen LogP contribution in [0.25, 0.3) is 38.6 Å². The lowest BCUT2D eigenvalue weighted by Crippen LogP contribution is -2.44. The number of hydrogen-bond donors (Lipinski definition) is 0. The van der Waals surface area contributed by atoms with Crippen LogP contribution < -0.4 is 0 Å². The Morgan fingerprint density at radius 1 is 0.667 bits per heavy atom. The van der Waals surface area contributed by atoms with E-state index in [1.165, 1.54) is 59.8 Å². The normalized spacial score (nSPS) is 26.8. The first-order valence-corrected chi connectivity index (χ1v) is 13.9. The van der Waals surface area contributed by atoms with E-state index in [0.717, 1.165) is 45.4 Å². The number of aromatic nitrogens is 2. The van der Waals surface area contributed by atoms with Crippen molar-refractivity contribution in [2.24, 2.45) is 23.7 Å². The summed E-state index contributed by atoms with van der Waals surface area (Å²) >= 11 is 7.04. The van der Waals surface area contributed by atoms with Gasteiger partial charge >= 0.3 is 0 Å². The topological polar surface area (TPSA) is 17.8 Å². The molecular formula is C33H29ClN2. The van der Waals surface area contributed by atoms with Crippen LogP contribution >= 0.6 is 11.6 Å². The number of fused-ring (bicyclic) bond motifs is 2. The van der Waals surface area contributed by atoms with Gasteiger partial charge in [-0.3, -0.25) is 4.57 Å². The fourth-order valence-electron chi connectivity index (χ4n) is 8.10. The lowest BCUT2D eigenvalue weighted by atomic mass is 9.51. The quantitative estimate of drug-likeness (QED) is 0.247. The predicted molar refractivity (Wildman–Crippen MR) is 149 cm³/mol. The molecule has 0 saturated heterocycles. The van der Waals surface area contributed by atoms with Gasteiger partial charge in [0.2, 0.25) is 0 Å². The van der Waals surface area contributed by atoms with Crippen LogP contribution in [-0.4, -0.2) is 9.55 Å². The van der Waals surface area contributed by atoms with Gasteiger partial charge in [0.05, 0.1) is 21.7 Å². The third kappa shape index (κ3) is 3.20. The van der Waals surface area contributed by atoms with Crippen LogP contribution in [0.15, 0.2) is 84.9 Å². The molecular weight excluding hydrogens is 460 g/mol. The second-order valence-electron chi connectivity index (χ2n) is 11.5. The monoisotopic (exact) mass is 488 g/mol. The SMILES string of the molecule is Clc1cc2ccccc2cc1-n1c(C2C3CC4CC(C3)CC2C4)nc2cc(-c3ccccc3)ccc21. The molecule has 4 fully saturated rings. The van der Waals surface area contributed by atoms with Crippen LogP contribution in [0.2, 0.25) is 5.02 Å². The molecule has 0 amide bonds. The van der Waals surface area contributed by atoms with Crippen LogP contribution in [-0.2, 0) is 0 Å². The summed E-state index contributed by atoms with van der Waals surface area (Å²) in [4.78, 5) is 5.45. The van der Waals surface area contributed by atoms with Gasteiger partial charge in [-0.1, -0.05) is 72.3 Å². The first-order valence-electron chi connectivity index (χ1n) is 13.5. The molecule has 36 heavy (non-hydrogen) atoms. The smallest absolute Gasteiger partial charge is 0.118 e. The second kappa shape index (κ2) is 7.95. The molecule has 0 unspecified atom stereocenters. The first kappa shape index (κ1) is 21.0. The first-order chi connectivity index (χ1) is 17.7. The van der Waals surface area contributed by atoms with E-state index in [1.807, 2.05) is 0 Å². The summed E-state index contributed by atoms with van der Waals surface area (Å²) in [7, 11) is 0. The highest BCUT2D eigenvalue weighted by Gasteiger charge is 2.50. The molecule has 0 N–H and O–H groups in total. The minimum atomic E-state index is 0.521. The number of rotatable bonds is 3. The molecule has 0 aliphatic heterocycles. The van der Waals surface area contributed by atoms with Crippen LogP contribution in [0.4, 0.5) is 0 Å². The molecule has 5 aromatic rings. The van der Waals surface area contributed by atoms with Crippen molar-refractivity contribution in [1.82, 2.24) is 9.55 Å². The fourth-order valence-corrected chi connectivity index (χ4v) is 8.36. The molecule has 1 aromatic heterocycles. The third-order valence-electron chi connectivity index (χ3n) is 9.37. The van der Waals surface area contributed by atoms with E-state index in [4.69, 9.17) is 16.6 Å².